The Morgan fingerprint density at radius 1 is 1.14 bits per heavy atom. The Hall–Kier alpha value is -1.48. The van der Waals surface area contributed by atoms with Gasteiger partial charge in [-0.15, -0.1) is 0 Å². The summed E-state index contributed by atoms with van der Waals surface area (Å²) in [5.74, 6) is 0.922. The summed E-state index contributed by atoms with van der Waals surface area (Å²) in [5.41, 5.74) is 3.47. The van der Waals surface area contributed by atoms with Crippen LogP contribution in [0.4, 0.5) is 0 Å². The van der Waals surface area contributed by atoms with Crippen LogP contribution in [0.3, 0.4) is 0 Å². The van der Waals surface area contributed by atoms with Crippen molar-refractivity contribution in [3.05, 3.63) is 59.1 Å². The fraction of sp³-hybridized carbons (Fsp3) is 0.444. The van der Waals surface area contributed by atoms with Crippen LogP contribution in [0.1, 0.15) is 38.0 Å². The maximum Gasteiger partial charge on any atom is 0.242 e. The molecule has 0 heterocycles. The van der Waals surface area contributed by atoms with Gasteiger partial charge >= 0.3 is 0 Å². The zero-order valence-electron chi connectivity index (χ0n) is 14.4. The van der Waals surface area contributed by atoms with Crippen molar-refractivity contribution in [2.75, 3.05) is 0 Å². The minimum absolute atomic E-state index is 0.0329. The topological polar surface area (TPSA) is 18.5 Å². The molecule has 0 saturated carbocycles. The lowest BCUT2D eigenvalue weighted by atomic mass is 10.1. The smallest absolute Gasteiger partial charge is 0.242 e. The maximum absolute atomic E-state index is 6.05. The van der Waals surface area contributed by atoms with Crippen LogP contribution in [-0.4, -0.2) is 8.32 Å². The Labute approximate surface area is 130 Å². The van der Waals surface area contributed by atoms with Crippen LogP contribution in [0.15, 0.2) is 47.9 Å². The predicted octanol–water partition coefficient (Wildman–Crippen LogP) is 5.73. The Bertz CT molecular complexity index is 507. The van der Waals surface area contributed by atoms with Crippen molar-refractivity contribution in [3.8, 4) is 0 Å². The van der Waals surface area contributed by atoms with E-state index in [9.17, 15) is 0 Å². The monoisotopic (exact) mass is 304 g/mol. The quantitative estimate of drug-likeness (QED) is 0.379. The van der Waals surface area contributed by atoms with Gasteiger partial charge in [0, 0.05) is 5.57 Å². The molecule has 3 heteroatoms. The van der Waals surface area contributed by atoms with Gasteiger partial charge in [-0.1, -0.05) is 29.8 Å². The molecule has 0 radical (unpaired) electrons. The summed E-state index contributed by atoms with van der Waals surface area (Å²) in [6, 6.07) is 8.44. The Kier molecular flexibility index (Phi) is 6.28. The number of allylic oxidation sites excluding steroid dienone is 2. The van der Waals surface area contributed by atoms with Gasteiger partial charge in [-0.2, -0.15) is 0 Å². The summed E-state index contributed by atoms with van der Waals surface area (Å²) in [5, 5.41) is 0. The second kappa shape index (κ2) is 7.50. The van der Waals surface area contributed by atoms with E-state index in [0.29, 0.717) is 0 Å². The van der Waals surface area contributed by atoms with Crippen LogP contribution in [0, 0.1) is 6.92 Å². The van der Waals surface area contributed by atoms with Crippen molar-refractivity contribution in [1.29, 1.82) is 0 Å². The van der Waals surface area contributed by atoms with Gasteiger partial charge in [0.1, 0.15) is 11.9 Å². The molecular weight excluding hydrogens is 276 g/mol. The van der Waals surface area contributed by atoms with Gasteiger partial charge in [-0.3, -0.25) is 0 Å². The highest BCUT2D eigenvalue weighted by molar-refractivity contribution is 6.70. The summed E-state index contributed by atoms with van der Waals surface area (Å²) in [4.78, 5) is 0. The second-order valence-electron chi connectivity index (χ2n) is 6.36. The van der Waals surface area contributed by atoms with Gasteiger partial charge in [0.15, 0.2) is 0 Å². The standard InChI is InChI=1S/C18H28O2Si/c1-8-18(20-21(5,6)7)15(3)13-19-16(4)17-11-9-14(2)10-12-17/h8-13,16H,1-7H3/b15-13+,18-8-/t16-/m1/s1. The molecule has 1 rings (SSSR count). The molecule has 0 fully saturated rings. The third-order valence-corrected chi connectivity index (χ3v) is 3.89. The number of aryl methyl sites for hydroxylation is 1. The zero-order valence-corrected chi connectivity index (χ0v) is 15.4. The molecule has 0 aliphatic heterocycles. The van der Waals surface area contributed by atoms with Crippen LogP contribution in [0.5, 0.6) is 0 Å². The predicted molar refractivity (Wildman–Crippen MR) is 92.6 cm³/mol. The lowest BCUT2D eigenvalue weighted by Crippen LogP contribution is -2.25. The largest absolute Gasteiger partial charge is 0.544 e. The molecule has 0 amide bonds. The minimum atomic E-state index is -1.60. The Balaban J connectivity index is 2.72. The fourth-order valence-electron chi connectivity index (χ4n) is 1.88. The van der Waals surface area contributed by atoms with Crippen LogP contribution >= 0.6 is 0 Å². The van der Waals surface area contributed by atoms with E-state index in [1.54, 1.807) is 6.26 Å². The summed E-state index contributed by atoms with van der Waals surface area (Å²) in [6.45, 7) is 14.7. The van der Waals surface area contributed by atoms with E-state index < -0.39 is 8.32 Å². The number of rotatable bonds is 6. The third kappa shape index (κ3) is 6.21. The lowest BCUT2D eigenvalue weighted by molar-refractivity contribution is 0.161. The molecule has 0 N–H and O–H groups in total. The highest BCUT2D eigenvalue weighted by Gasteiger charge is 2.18. The number of hydrogen-bond donors (Lipinski definition) is 0. The molecule has 0 saturated heterocycles. The van der Waals surface area contributed by atoms with Crippen LogP contribution in [0.25, 0.3) is 0 Å². The van der Waals surface area contributed by atoms with Crippen LogP contribution in [-0.2, 0) is 9.16 Å². The average molecular weight is 305 g/mol. The summed E-state index contributed by atoms with van der Waals surface area (Å²) in [6.07, 6.45) is 3.84. The van der Waals surface area contributed by atoms with Crippen molar-refractivity contribution in [3.63, 3.8) is 0 Å². The molecule has 1 atom stereocenters. The molecule has 2 nitrogen and oxygen atoms in total. The summed E-state index contributed by atoms with van der Waals surface area (Å²) in [7, 11) is -1.60. The third-order valence-electron chi connectivity index (χ3n) is 3.06. The molecule has 1 aromatic carbocycles. The molecule has 1 aromatic rings. The fourth-order valence-corrected chi connectivity index (χ4v) is 2.81. The first-order chi connectivity index (χ1) is 9.73. The highest BCUT2D eigenvalue weighted by Crippen LogP contribution is 2.21. The van der Waals surface area contributed by atoms with Gasteiger partial charge in [-0.25, -0.2) is 0 Å². The number of ether oxygens (including phenoxy) is 1. The van der Waals surface area contributed by atoms with E-state index >= 15 is 0 Å². The minimum Gasteiger partial charge on any atom is -0.544 e. The first-order valence-corrected chi connectivity index (χ1v) is 10.9. The molecule has 0 unspecified atom stereocenters. The lowest BCUT2D eigenvalue weighted by Gasteiger charge is -2.22. The van der Waals surface area contributed by atoms with Gasteiger partial charge in [0.2, 0.25) is 8.32 Å². The van der Waals surface area contributed by atoms with Crippen LogP contribution < -0.4 is 0 Å². The van der Waals surface area contributed by atoms with Crippen molar-refractivity contribution in [1.82, 2.24) is 0 Å². The van der Waals surface area contributed by atoms with Gasteiger partial charge < -0.3 is 9.16 Å². The van der Waals surface area contributed by atoms with Gasteiger partial charge in [0.25, 0.3) is 0 Å². The van der Waals surface area contributed by atoms with Crippen LogP contribution in [0.2, 0.25) is 19.6 Å². The van der Waals surface area contributed by atoms with Crippen molar-refractivity contribution < 1.29 is 9.16 Å². The second-order valence-corrected chi connectivity index (χ2v) is 10.8. The highest BCUT2D eigenvalue weighted by atomic mass is 28.4. The molecule has 0 bridgehead atoms. The van der Waals surface area contributed by atoms with Gasteiger partial charge in [-0.05, 0) is 59.0 Å². The Morgan fingerprint density at radius 3 is 2.19 bits per heavy atom. The van der Waals surface area contributed by atoms with Gasteiger partial charge in [0.05, 0.1) is 6.26 Å². The molecule has 0 aromatic heterocycles. The molecule has 0 aliphatic rings. The van der Waals surface area contributed by atoms with E-state index in [1.165, 1.54) is 11.1 Å². The molecule has 0 aliphatic carbocycles. The van der Waals surface area contributed by atoms with Crippen molar-refractivity contribution in [2.24, 2.45) is 0 Å². The first-order valence-electron chi connectivity index (χ1n) is 7.47. The number of benzene rings is 1. The van der Waals surface area contributed by atoms with E-state index in [1.807, 2.05) is 19.9 Å². The van der Waals surface area contributed by atoms with E-state index in [2.05, 4.69) is 57.8 Å². The van der Waals surface area contributed by atoms with E-state index in [-0.39, 0.29) is 6.10 Å². The molecule has 116 valence electrons. The maximum atomic E-state index is 6.05. The molecule has 0 spiro atoms. The Morgan fingerprint density at radius 2 is 1.71 bits per heavy atom. The van der Waals surface area contributed by atoms with E-state index in [4.69, 9.17) is 9.16 Å². The SMILES string of the molecule is C/C=C(O[Si](C)(C)C)/C(C)=C/O[C@H](C)c1ccc(C)cc1. The molecule has 21 heavy (non-hydrogen) atoms. The van der Waals surface area contributed by atoms with Crippen molar-refractivity contribution >= 4 is 8.32 Å². The molecular formula is C18H28O2Si. The van der Waals surface area contributed by atoms with Crippen molar-refractivity contribution in [2.45, 2.75) is 53.4 Å². The normalized spacial score (nSPS) is 14.8. The van der Waals surface area contributed by atoms with E-state index in [0.717, 1.165) is 11.3 Å². The average Bonchev–Trinajstić information content (AvgIpc) is 2.41. The zero-order chi connectivity index (χ0) is 16.0. The number of hydrogen-bond acceptors (Lipinski definition) is 2. The summed E-state index contributed by atoms with van der Waals surface area (Å²) >= 11 is 0. The first kappa shape index (κ1) is 17.6. The summed E-state index contributed by atoms with van der Waals surface area (Å²) < 4.78 is 11.9.